The predicted molar refractivity (Wildman–Crippen MR) is 62.2 cm³/mol. The van der Waals surface area contributed by atoms with Gasteiger partial charge in [-0.25, -0.2) is 0 Å². The molecule has 0 aliphatic carbocycles. The maximum atomic E-state index is 10.7. The third-order valence-electron chi connectivity index (χ3n) is 1.83. The van der Waals surface area contributed by atoms with Gasteiger partial charge < -0.3 is 9.47 Å². The Balaban J connectivity index is 2.56. The number of hydrogen-bond donors (Lipinski definition) is 0. The molecular weight excluding hydrogens is 204 g/mol. The summed E-state index contributed by atoms with van der Waals surface area (Å²) in [6.45, 7) is 7.83. The average Bonchev–Trinajstić information content (AvgIpc) is 2.24. The Morgan fingerprint density at radius 1 is 1.38 bits per heavy atom. The molecule has 0 saturated heterocycles. The second-order valence-electron chi connectivity index (χ2n) is 3.67. The number of rotatable bonds is 5. The fraction of sp³-hybridized carbons (Fsp3) is 0.308. The van der Waals surface area contributed by atoms with Gasteiger partial charge in [0.2, 0.25) is 0 Å². The highest BCUT2D eigenvalue weighted by Gasteiger charge is 1.99. The first-order chi connectivity index (χ1) is 7.58. The maximum absolute atomic E-state index is 10.7. The van der Waals surface area contributed by atoms with E-state index in [4.69, 9.17) is 9.47 Å². The van der Waals surface area contributed by atoms with E-state index >= 15 is 0 Å². The van der Waals surface area contributed by atoms with Gasteiger partial charge in [0.25, 0.3) is 0 Å². The quantitative estimate of drug-likeness (QED) is 0.565. The Morgan fingerprint density at radius 3 is 2.75 bits per heavy atom. The first-order valence-electron chi connectivity index (χ1n) is 5.07. The summed E-state index contributed by atoms with van der Waals surface area (Å²) < 4.78 is 10.4. The lowest BCUT2D eigenvalue weighted by Crippen LogP contribution is -2.00. The molecule has 1 aromatic carbocycles. The number of ether oxygens (including phenoxy) is 2. The summed E-state index contributed by atoms with van der Waals surface area (Å²) in [5, 5.41) is 0. The van der Waals surface area contributed by atoms with Gasteiger partial charge >= 0.3 is 5.97 Å². The summed E-state index contributed by atoms with van der Waals surface area (Å²) in [5.41, 5.74) is 1.87. The summed E-state index contributed by atoms with van der Waals surface area (Å²) in [7, 11) is 0. The summed E-state index contributed by atoms with van der Waals surface area (Å²) in [6.07, 6.45) is 0. The molecule has 0 heterocycles. The maximum Gasteiger partial charge on any atom is 0.302 e. The van der Waals surface area contributed by atoms with E-state index in [2.05, 4.69) is 6.58 Å². The molecule has 0 saturated carbocycles. The summed E-state index contributed by atoms with van der Waals surface area (Å²) in [6, 6.07) is 7.47. The Labute approximate surface area is 95.7 Å². The molecule has 0 fully saturated rings. The van der Waals surface area contributed by atoms with Gasteiger partial charge in [-0.3, -0.25) is 4.79 Å². The van der Waals surface area contributed by atoms with Gasteiger partial charge in [0.1, 0.15) is 19.0 Å². The van der Waals surface area contributed by atoms with E-state index in [-0.39, 0.29) is 12.6 Å². The Morgan fingerprint density at radius 2 is 2.12 bits per heavy atom. The Kier molecular flexibility index (Phi) is 4.58. The van der Waals surface area contributed by atoms with E-state index in [1.165, 1.54) is 6.92 Å². The zero-order valence-electron chi connectivity index (χ0n) is 9.66. The van der Waals surface area contributed by atoms with Crippen molar-refractivity contribution in [2.24, 2.45) is 0 Å². The van der Waals surface area contributed by atoms with E-state index in [1.807, 2.05) is 31.2 Å². The highest BCUT2D eigenvalue weighted by molar-refractivity contribution is 5.65. The number of carbonyl (C=O) groups is 1. The second-order valence-corrected chi connectivity index (χ2v) is 3.67. The standard InChI is InChI=1S/C13H16O3/c1-10(2)8-16-13-6-4-5-12(7-13)9-15-11(3)14/h4-7H,1,8-9H2,2-3H3. The minimum atomic E-state index is -0.284. The smallest absolute Gasteiger partial charge is 0.302 e. The number of carbonyl (C=O) groups excluding carboxylic acids is 1. The van der Waals surface area contributed by atoms with E-state index in [0.29, 0.717) is 6.61 Å². The monoisotopic (exact) mass is 220 g/mol. The lowest BCUT2D eigenvalue weighted by molar-refractivity contribution is -0.142. The van der Waals surface area contributed by atoms with Crippen molar-refractivity contribution in [3.05, 3.63) is 42.0 Å². The van der Waals surface area contributed by atoms with E-state index in [9.17, 15) is 4.79 Å². The van der Waals surface area contributed by atoms with Crippen LogP contribution in [0.4, 0.5) is 0 Å². The normalized spacial score (nSPS) is 9.62. The zero-order valence-corrected chi connectivity index (χ0v) is 9.66. The zero-order chi connectivity index (χ0) is 12.0. The largest absolute Gasteiger partial charge is 0.489 e. The summed E-state index contributed by atoms with van der Waals surface area (Å²) in [5.74, 6) is 0.473. The summed E-state index contributed by atoms with van der Waals surface area (Å²) >= 11 is 0. The van der Waals surface area contributed by atoms with Gasteiger partial charge in [-0.2, -0.15) is 0 Å². The molecule has 3 heteroatoms. The van der Waals surface area contributed by atoms with Crippen molar-refractivity contribution in [1.82, 2.24) is 0 Å². The molecule has 0 aromatic heterocycles. The molecule has 0 unspecified atom stereocenters. The van der Waals surface area contributed by atoms with Crippen LogP contribution in [-0.2, 0) is 16.1 Å². The lowest BCUT2D eigenvalue weighted by atomic mass is 10.2. The molecular formula is C13H16O3. The fourth-order valence-electron chi connectivity index (χ4n) is 1.12. The molecule has 0 aliphatic rings. The molecule has 3 nitrogen and oxygen atoms in total. The highest BCUT2D eigenvalue weighted by atomic mass is 16.5. The van der Waals surface area contributed by atoms with Crippen LogP contribution in [0.1, 0.15) is 19.4 Å². The first-order valence-corrected chi connectivity index (χ1v) is 5.07. The number of hydrogen-bond acceptors (Lipinski definition) is 3. The highest BCUT2D eigenvalue weighted by Crippen LogP contribution is 2.14. The number of benzene rings is 1. The van der Waals surface area contributed by atoms with Gasteiger partial charge in [0.05, 0.1) is 0 Å². The van der Waals surface area contributed by atoms with Crippen molar-refractivity contribution in [3.8, 4) is 5.75 Å². The SMILES string of the molecule is C=C(C)COc1cccc(COC(C)=O)c1. The van der Waals surface area contributed by atoms with Crippen molar-refractivity contribution in [1.29, 1.82) is 0 Å². The first kappa shape index (κ1) is 12.3. The molecule has 0 amide bonds. The molecule has 0 aliphatic heterocycles. The molecule has 16 heavy (non-hydrogen) atoms. The topological polar surface area (TPSA) is 35.5 Å². The summed E-state index contributed by atoms with van der Waals surface area (Å²) in [4.78, 5) is 10.7. The van der Waals surface area contributed by atoms with Crippen LogP contribution < -0.4 is 4.74 Å². The van der Waals surface area contributed by atoms with E-state index < -0.39 is 0 Å². The van der Waals surface area contributed by atoms with Crippen molar-refractivity contribution < 1.29 is 14.3 Å². The average molecular weight is 220 g/mol. The van der Waals surface area contributed by atoms with E-state index in [0.717, 1.165) is 16.9 Å². The molecule has 0 spiro atoms. The Bertz CT molecular complexity index is 349. The minimum absolute atomic E-state index is 0.277. The van der Waals surface area contributed by atoms with Crippen molar-refractivity contribution in [2.75, 3.05) is 6.61 Å². The van der Waals surface area contributed by atoms with Gasteiger partial charge in [0.15, 0.2) is 0 Å². The van der Waals surface area contributed by atoms with Crippen LogP contribution in [-0.4, -0.2) is 12.6 Å². The molecule has 1 aromatic rings. The molecule has 0 radical (unpaired) electrons. The lowest BCUT2D eigenvalue weighted by Gasteiger charge is -2.07. The fourth-order valence-corrected chi connectivity index (χ4v) is 1.12. The van der Waals surface area contributed by atoms with Crippen LogP contribution >= 0.6 is 0 Å². The van der Waals surface area contributed by atoms with Crippen LogP contribution in [0, 0.1) is 0 Å². The molecule has 0 bridgehead atoms. The third kappa shape index (κ3) is 4.64. The second kappa shape index (κ2) is 5.95. The minimum Gasteiger partial charge on any atom is -0.489 e. The molecule has 1 rings (SSSR count). The van der Waals surface area contributed by atoms with Crippen LogP contribution in [0.15, 0.2) is 36.4 Å². The van der Waals surface area contributed by atoms with Crippen LogP contribution in [0.2, 0.25) is 0 Å². The van der Waals surface area contributed by atoms with Crippen molar-refractivity contribution in [3.63, 3.8) is 0 Å². The molecule has 0 atom stereocenters. The third-order valence-corrected chi connectivity index (χ3v) is 1.83. The van der Waals surface area contributed by atoms with Gasteiger partial charge in [0, 0.05) is 6.92 Å². The van der Waals surface area contributed by atoms with Gasteiger partial charge in [-0.1, -0.05) is 18.7 Å². The van der Waals surface area contributed by atoms with Crippen LogP contribution in [0.5, 0.6) is 5.75 Å². The Hall–Kier alpha value is -1.77. The van der Waals surface area contributed by atoms with Gasteiger partial charge in [-0.15, -0.1) is 0 Å². The van der Waals surface area contributed by atoms with Gasteiger partial charge in [-0.05, 0) is 30.2 Å². The van der Waals surface area contributed by atoms with Crippen LogP contribution in [0.25, 0.3) is 0 Å². The van der Waals surface area contributed by atoms with E-state index in [1.54, 1.807) is 0 Å². The van der Waals surface area contributed by atoms with Crippen molar-refractivity contribution in [2.45, 2.75) is 20.5 Å². The molecule has 86 valence electrons. The number of esters is 1. The predicted octanol–water partition coefficient (Wildman–Crippen LogP) is 2.70. The van der Waals surface area contributed by atoms with Crippen molar-refractivity contribution >= 4 is 5.97 Å². The molecule has 0 N–H and O–H groups in total. The van der Waals surface area contributed by atoms with Crippen LogP contribution in [0.3, 0.4) is 0 Å².